The van der Waals surface area contributed by atoms with Crippen molar-refractivity contribution in [1.29, 1.82) is 0 Å². The Bertz CT molecular complexity index is 428. The Morgan fingerprint density at radius 1 is 1.24 bits per heavy atom. The lowest BCUT2D eigenvalue weighted by Crippen LogP contribution is -2.33. The first-order chi connectivity index (χ1) is 10.3. The normalized spacial score (nSPS) is 15.9. The summed E-state index contributed by atoms with van der Waals surface area (Å²) in [6.45, 7) is 3.04. The van der Waals surface area contributed by atoms with E-state index in [0.717, 1.165) is 37.1 Å². The van der Waals surface area contributed by atoms with Gasteiger partial charge < -0.3 is 20.5 Å². The molecule has 21 heavy (non-hydrogen) atoms. The average molecular weight is 292 g/mol. The van der Waals surface area contributed by atoms with Gasteiger partial charge in [-0.25, -0.2) is 0 Å². The molecule has 3 N–H and O–H groups in total. The lowest BCUT2D eigenvalue weighted by atomic mass is 10.1. The Kier molecular flexibility index (Phi) is 6.66. The molecule has 5 nitrogen and oxygen atoms in total. The molecule has 0 aromatic heterocycles. The summed E-state index contributed by atoms with van der Waals surface area (Å²) < 4.78 is 5.71. The first kappa shape index (κ1) is 15.9. The van der Waals surface area contributed by atoms with Crippen molar-refractivity contribution in [3.05, 3.63) is 35.4 Å². The van der Waals surface area contributed by atoms with E-state index in [0.29, 0.717) is 25.7 Å². The molecule has 1 aromatic rings. The monoisotopic (exact) mass is 292 g/mol. The Labute approximate surface area is 125 Å². The van der Waals surface area contributed by atoms with Crippen LogP contribution in [0, 0.1) is 0 Å². The molecule has 1 saturated heterocycles. The van der Waals surface area contributed by atoms with Gasteiger partial charge in [-0.15, -0.1) is 0 Å². The van der Waals surface area contributed by atoms with Crippen LogP contribution in [0.25, 0.3) is 0 Å². The maximum Gasteiger partial charge on any atom is 0.222 e. The maximum atomic E-state index is 11.7. The highest BCUT2D eigenvalue weighted by atomic mass is 16.5. The minimum absolute atomic E-state index is 0.00942. The maximum absolute atomic E-state index is 11.7. The second kappa shape index (κ2) is 8.77. The minimum atomic E-state index is 0.00942. The molecule has 0 atom stereocenters. The van der Waals surface area contributed by atoms with Gasteiger partial charge in [-0.3, -0.25) is 4.79 Å². The number of hydrogen-bond donors (Lipinski definition) is 3. The smallest absolute Gasteiger partial charge is 0.222 e. The number of amides is 1. The number of rotatable bonds is 7. The van der Waals surface area contributed by atoms with Crippen molar-refractivity contribution in [2.24, 2.45) is 0 Å². The van der Waals surface area contributed by atoms with Crippen LogP contribution in [0.5, 0.6) is 0 Å². The van der Waals surface area contributed by atoms with Crippen LogP contribution < -0.4 is 10.6 Å². The molecule has 1 fully saturated rings. The molecular formula is C16H24N2O3. The Morgan fingerprint density at radius 3 is 2.57 bits per heavy atom. The predicted octanol–water partition coefficient (Wildman–Crippen LogP) is 0.954. The molecule has 1 aliphatic rings. The van der Waals surface area contributed by atoms with Gasteiger partial charge in [0.25, 0.3) is 0 Å². The van der Waals surface area contributed by atoms with Gasteiger partial charge in [0, 0.05) is 13.0 Å². The standard InChI is InChI=1S/C16H24N2O3/c19-12-14-3-1-13(2-4-14)11-18-16(20)7-10-21-15-5-8-17-9-6-15/h1-4,15,17,19H,5-12H2,(H,18,20). The summed E-state index contributed by atoms with van der Waals surface area (Å²) in [6, 6.07) is 7.55. The van der Waals surface area contributed by atoms with Gasteiger partial charge in [0.15, 0.2) is 0 Å². The SMILES string of the molecule is O=C(CCOC1CCNCC1)NCc1ccc(CO)cc1. The molecule has 1 amide bonds. The second-order valence-corrected chi connectivity index (χ2v) is 5.32. The molecule has 0 spiro atoms. The van der Waals surface area contributed by atoms with E-state index in [1.165, 1.54) is 0 Å². The molecule has 5 heteroatoms. The summed E-state index contributed by atoms with van der Waals surface area (Å²) in [6.07, 6.45) is 2.75. The van der Waals surface area contributed by atoms with Crippen LogP contribution >= 0.6 is 0 Å². The first-order valence-electron chi connectivity index (χ1n) is 7.55. The van der Waals surface area contributed by atoms with Crippen molar-refractivity contribution in [3.63, 3.8) is 0 Å². The zero-order chi connectivity index (χ0) is 14.9. The van der Waals surface area contributed by atoms with Gasteiger partial charge in [0.2, 0.25) is 5.91 Å². The van der Waals surface area contributed by atoms with Crippen molar-refractivity contribution in [3.8, 4) is 0 Å². The average Bonchev–Trinajstić information content (AvgIpc) is 2.54. The highest BCUT2D eigenvalue weighted by molar-refractivity contribution is 5.75. The number of aliphatic hydroxyl groups is 1. The highest BCUT2D eigenvalue weighted by Gasteiger charge is 2.13. The van der Waals surface area contributed by atoms with E-state index >= 15 is 0 Å². The molecule has 1 aliphatic heterocycles. The molecule has 0 saturated carbocycles. The van der Waals surface area contributed by atoms with Gasteiger partial charge >= 0.3 is 0 Å². The van der Waals surface area contributed by atoms with Crippen LogP contribution in [0.3, 0.4) is 0 Å². The Hall–Kier alpha value is -1.43. The molecular weight excluding hydrogens is 268 g/mol. The second-order valence-electron chi connectivity index (χ2n) is 5.32. The van der Waals surface area contributed by atoms with E-state index in [4.69, 9.17) is 9.84 Å². The number of benzene rings is 1. The van der Waals surface area contributed by atoms with Gasteiger partial charge in [0.1, 0.15) is 0 Å². The third-order valence-electron chi connectivity index (χ3n) is 3.66. The highest BCUT2D eigenvalue weighted by Crippen LogP contribution is 2.07. The van der Waals surface area contributed by atoms with Crippen LogP contribution in [0.15, 0.2) is 24.3 Å². The number of carbonyl (C=O) groups excluding carboxylic acids is 1. The van der Waals surface area contributed by atoms with Crippen LogP contribution in [0.4, 0.5) is 0 Å². The molecule has 0 bridgehead atoms. The van der Waals surface area contributed by atoms with Crippen molar-refractivity contribution in [2.75, 3.05) is 19.7 Å². The van der Waals surface area contributed by atoms with Gasteiger partial charge in [-0.05, 0) is 37.1 Å². The van der Waals surface area contributed by atoms with E-state index in [1.807, 2.05) is 24.3 Å². The van der Waals surface area contributed by atoms with Crippen LogP contribution in [0.1, 0.15) is 30.4 Å². The third kappa shape index (κ3) is 5.83. The fraction of sp³-hybridized carbons (Fsp3) is 0.562. The topological polar surface area (TPSA) is 70.6 Å². The molecule has 1 heterocycles. The van der Waals surface area contributed by atoms with Crippen molar-refractivity contribution >= 4 is 5.91 Å². The summed E-state index contributed by atoms with van der Waals surface area (Å²) in [5.74, 6) is 0.00942. The van der Waals surface area contributed by atoms with E-state index in [-0.39, 0.29) is 12.5 Å². The van der Waals surface area contributed by atoms with Crippen LogP contribution in [-0.2, 0) is 22.7 Å². The van der Waals surface area contributed by atoms with Crippen molar-refractivity contribution in [1.82, 2.24) is 10.6 Å². The number of aliphatic hydroxyl groups excluding tert-OH is 1. The fourth-order valence-corrected chi connectivity index (χ4v) is 2.33. The fourth-order valence-electron chi connectivity index (χ4n) is 2.33. The number of hydrogen-bond acceptors (Lipinski definition) is 4. The largest absolute Gasteiger partial charge is 0.392 e. The summed E-state index contributed by atoms with van der Waals surface area (Å²) in [5, 5.41) is 15.1. The summed E-state index contributed by atoms with van der Waals surface area (Å²) in [7, 11) is 0. The molecule has 2 rings (SSSR count). The summed E-state index contributed by atoms with van der Waals surface area (Å²) >= 11 is 0. The van der Waals surface area contributed by atoms with Crippen molar-refractivity contribution in [2.45, 2.75) is 38.5 Å². The molecule has 0 aliphatic carbocycles. The minimum Gasteiger partial charge on any atom is -0.392 e. The van der Waals surface area contributed by atoms with Gasteiger partial charge in [-0.2, -0.15) is 0 Å². The molecule has 0 radical (unpaired) electrons. The Balaban J connectivity index is 1.60. The molecule has 1 aromatic carbocycles. The quantitative estimate of drug-likeness (QED) is 0.700. The third-order valence-corrected chi connectivity index (χ3v) is 3.66. The molecule has 0 unspecified atom stereocenters. The predicted molar refractivity (Wildman–Crippen MR) is 80.7 cm³/mol. The lowest BCUT2D eigenvalue weighted by molar-refractivity contribution is -0.122. The number of nitrogens with one attached hydrogen (secondary N) is 2. The number of ether oxygens (including phenoxy) is 1. The van der Waals surface area contributed by atoms with E-state index in [2.05, 4.69) is 10.6 Å². The van der Waals surface area contributed by atoms with Crippen molar-refractivity contribution < 1.29 is 14.6 Å². The van der Waals surface area contributed by atoms with E-state index in [1.54, 1.807) is 0 Å². The number of carbonyl (C=O) groups is 1. The molecule has 116 valence electrons. The number of piperidine rings is 1. The first-order valence-corrected chi connectivity index (χ1v) is 7.55. The van der Waals surface area contributed by atoms with E-state index in [9.17, 15) is 4.79 Å². The van der Waals surface area contributed by atoms with Crippen LogP contribution in [-0.4, -0.2) is 36.8 Å². The lowest BCUT2D eigenvalue weighted by Gasteiger charge is -2.22. The van der Waals surface area contributed by atoms with Gasteiger partial charge in [0.05, 0.1) is 19.3 Å². The van der Waals surface area contributed by atoms with Gasteiger partial charge in [-0.1, -0.05) is 24.3 Å². The van der Waals surface area contributed by atoms with E-state index < -0.39 is 0 Å². The summed E-state index contributed by atoms with van der Waals surface area (Å²) in [4.78, 5) is 11.7. The zero-order valence-electron chi connectivity index (χ0n) is 12.3. The summed E-state index contributed by atoms with van der Waals surface area (Å²) in [5.41, 5.74) is 1.90. The van der Waals surface area contributed by atoms with Crippen LogP contribution in [0.2, 0.25) is 0 Å². The zero-order valence-corrected chi connectivity index (χ0v) is 12.3. The Morgan fingerprint density at radius 2 is 1.90 bits per heavy atom.